The van der Waals surface area contributed by atoms with Crippen molar-refractivity contribution in [2.75, 3.05) is 31.7 Å². The summed E-state index contributed by atoms with van der Waals surface area (Å²) in [5.74, 6) is 0. The van der Waals surface area contributed by atoms with Gasteiger partial charge < -0.3 is 15.0 Å². The second kappa shape index (κ2) is 5.59. The Hall–Kier alpha value is -0.580. The fourth-order valence-electron chi connectivity index (χ4n) is 2.37. The molecule has 0 saturated carbocycles. The molecule has 1 aromatic rings. The maximum atomic E-state index is 5.57. The Morgan fingerprint density at radius 1 is 1.44 bits per heavy atom. The first kappa shape index (κ1) is 13.8. The van der Waals surface area contributed by atoms with Crippen LogP contribution in [0.5, 0.6) is 0 Å². The molecule has 0 radical (unpaired) electrons. The summed E-state index contributed by atoms with van der Waals surface area (Å²) < 4.78 is 6.73. The molecule has 2 rings (SSSR count). The number of nitrogens with zero attached hydrogens (tertiary/aromatic N) is 1. The van der Waals surface area contributed by atoms with Gasteiger partial charge in [-0.05, 0) is 38.6 Å². The Bertz CT molecular complexity index is 420. The summed E-state index contributed by atoms with van der Waals surface area (Å²) in [7, 11) is 1.96. The zero-order chi connectivity index (χ0) is 13.2. The van der Waals surface area contributed by atoms with Gasteiger partial charge in [-0.1, -0.05) is 22.0 Å². The number of hydrogen-bond acceptors (Lipinski definition) is 3. The Balaban J connectivity index is 2.25. The maximum Gasteiger partial charge on any atom is 0.0694 e. The maximum absolute atomic E-state index is 5.57. The summed E-state index contributed by atoms with van der Waals surface area (Å²) in [6.45, 7) is 7.86. The number of nitrogens with one attached hydrogen (secondary N) is 1. The van der Waals surface area contributed by atoms with Crippen molar-refractivity contribution in [2.24, 2.45) is 0 Å². The van der Waals surface area contributed by atoms with Crippen LogP contribution in [0.4, 0.5) is 5.69 Å². The molecule has 0 aromatic heterocycles. The van der Waals surface area contributed by atoms with Gasteiger partial charge in [-0.2, -0.15) is 0 Å². The van der Waals surface area contributed by atoms with Crippen LogP contribution in [-0.2, 0) is 11.3 Å². The monoisotopic (exact) mass is 312 g/mol. The molecular weight excluding hydrogens is 292 g/mol. The van der Waals surface area contributed by atoms with Gasteiger partial charge in [-0.3, -0.25) is 0 Å². The molecule has 3 nitrogen and oxygen atoms in total. The van der Waals surface area contributed by atoms with Crippen molar-refractivity contribution in [3.8, 4) is 0 Å². The zero-order valence-electron chi connectivity index (χ0n) is 11.3. The van der Waals surface area contributed by atoms with Crippen molar-refractivity contribution < 1.29 is 4.74 Å². The molecule has 0 bridgehead atoms. The Labute approximate surface area is 118 Å². The summed E-state index contributed by atoms with van der Waals surface area (Å²) >= 11 is 3.65. The van der Waals surface area contributed by atoms with E-state index in [0.29, 0.717) is 0 Å². The number of hydrogen-bond donors (Lipinski definition) is 1. The van der Waals surface area contributed by atoms with Crippen molar-refractivity contribution in [1.82, 2.24) is 5.32 Å². The second-order valence-corrected chi connectivity index (χ2v) is 6.18. The van der Waals surface area contributed by atoms with E-state index >= 15 is 0 Å². The molecular formula is C14H21BrN2O. The molecule has 1 N–H and O–H groups in total. The molecule has 1 heterocycles. The second-order valence-electron chi connectivity index (χ2n) is 5.32. The minimum atomic E-state index is 0.0578. The number of benzene rings is 1. The molecule has 1 fully saturated rings. The SMILES string of the molecule is CNCc1ccc(N2CCOCC2(C)C)cc1Br. The van der Waals surface area contributed by atoms with Gasteiger partial charge in [-0.25, -0.2) is 0 Å². The molecule has 18 heavy (non-hydrogen) atoms. The van der Waals surface area contributed by atoms with Crippen molar-refractivity contribution in [1.29, 1.82) is 0 Å². The third-order valence-electron chi connectivity index (χ3n) is 3.36. The predicted octanol–water partition coefficient (Wildman–Crippen LogP) is 2.78. The Kier molecular flexibility index (Phi) is 4.30. The van der Waals surface area contributed by atoms with Crippen molar-refractivity contribution >= 4 is 21.6 Å². The van der Waals surface area contributed by atoms with Gasteiger partial charge in [0.15, 0.2) is 0 Å². The Morgan fingerprint density at radius 2 is 2.22 bits per heavy atom. The molecule has 0 spiro atoms. The van der Waals surface area contributed by atoms with Crippen LogP contribution in [0.2, 0.25) is 0 Å². The van der Waals surface area contributed by atoms with E-state index in [9.17, 15) is 0 Å². The van der Waals surface area contributed by atoms with Crippen LogP contribution in [0, 0.1) is 0 Å². The van der Waals surface area contributed by atoms with E-state index in [-0.39, 0.29) is 5.54 Å². The number of rotatable bonds is 3. The number of morpholine rings is 1. The van der Waals surface area contributed by atoms with Crippen LogP contribution in [-0.4, -0.2) is 32.3 Å². The smallest absolute Gasteiger partial charge is 0.0694 e. The fraction of sp³-hybridized carbons (Fsp3) is 0.571. The summed E-state index contributed by atoms with van der Waals surface area (Å²) in [6.07, 6.45) is 0. The van der Waals surface area contributed by atoms with Gasteiger partial charge in [0.25, 0.3) is 0 Å². The molecule has 4 heteroatoms. The minimum Gasteiger partial charge on any atom is -0.377 e. The normalized spacial score (nSPS) is 19.0. The average molecular weight is 313 g/mol. The molecule has 1 saturated heterocycles. The van der Waals surface area contributed by atoms with Crippen molar-refractivity contribution in [3.63, 3.8) is 0 Å². The Morgan fingerprint density at radius 3 is 2.83 bits per heavy atom. The molecule has 1 aliphatic rings. The first-order valence-electron chi connectivity index (χ1n) is 6.33. The van der Waals surface area contributed by atoms with Crippen LogP contribution in [0.15, 0.2) is 22.7 Å². The molecule has 1 aliphatic heterocycles. The van der Waals surface area contributed by atoms with Crippen molar-refractivity contribution in [2.45, 2.75) is 25.9 Å². The summed E-state index contributed by atoms with van der Waals surface area (Å²) in [5.41, 5.74) is 2.60. The van der Waals surface area contributed by atoms with E-state index in [1.54, 1.807) is 0 Å². The van der Waals surface area contributed by atoms with Gasteiger partial charge in [0, 0.05) is 23.2 Å². The zero-order valence-corrected chi connectivity index (χ0v) is 12.9. The van der Waals surface area contributed by atoms with E-state index in [1.807, 2.05) is 7.05 Å². The van der Waals surface area contributed by atoms with Crippen LogP contribution in [0.3, 0.4) is 0 Å². The van der Waals surface area contributed by atoms with E-state index in [4.69, 9.17) is 4.74 Å². The number of anilines is 1. The lowest BCUT2D eigenvalue weighted by molar-refractivity contribution is 0.0644. The highest BCUT2D eigenvalue weighted by Gasteiger charge is 2.30. The summed E-state index contributed by atoms with van der Waals surface area (Å²) in [5, 5.41) is 3.18. The topological polar surface area (TPSA) is 24.5 Å². The minimum absolute atomic E-state index is 0.0578. The molecule has 0 unspecified atom stereocenters. The molecule has 0 atom stereocenters. The van der Waals surface area contributed by atoms with E-state index in [0.717, 1.165) is 30.8 Å². The van der Waals surface area contributed by atoms with Crippen LogP contribution >= 0.6 is 15.9 Å². The third kappa shape index (κ3) is 2.87. The molecule has 100 valence electrons. The highest BCUT2D eigenvalue weighted by molar-refractivity contribution is 9.10. The lowest BCUT2D eigenvalue weighted by Crippen LogP contribution is -2.53. The quantitative estimate of drug-likeness (QED) is 0.929. The van der Waals surface area contributed by atoms with Crippen LogP contribution in [0.1, 0.15) is 19.4 Å². The van der Waals surface area contributed by atoms with Gasteiger partial charge in [-0.15, -0.1) is 0 Å². The van der Waals surface area contributed by atoms with E-state index in [1.165, 1.54) is 11.3 Å². The van der Waals surface area contributed by atoms with Crippen LogP contribution in [0.25, 0.3) is 0 Å². The number of halogens is 1. The largest absolute Gasteiger partial charge is 0.377 e. The van der Waals surface area contributed by atoms with Gasteiger partial charge >= 0.3 is 0 Å². The van der Waals surface area contributed by atoms with Gasteiger partial charge in [0.1, 0.15) is 0 Å². The highest BCUT2D eigenvalue weighted by atomic mass is 79.9. The third-order valence-corrected chi connectivity index (χ3v) is 4.10. The summed E-state index contributed by atoms with van der Waals surface area (Å²) in [6, 6.07) is 6.59. The first-order valence-corrected chi connectivity index (χ1v) is 7.12. The first-order chi connectivity index (χ1) is 8.54. The lowest BCUT2D eigenvalue weighted by atomic mass is 10.0. The number of ether oxygens (including phenoxy) is 1. The molecule has 0 amide bonds. The lowest BCUT2D eigenvalue weighted by Gasteiger charge is -2.44. The molecule has 1 aromatic carbocycles. The van der Waals surface area contributed by atoms with E-state index < -0.39 is 0 Å². The van der Waals surface area contributed by atoms with Crippen molar-refractivity contribution in [3.05, 3.63) is 28.2 Å². The van der Waals surface area contributed by atoms with Gasteiger partial charge in [0.2, 0.25) is 0 Å². The standard InChI is InChI=1S/C14H21BrN2O/c1-14(2)10-18-7-6-17(14)12-5-4-11(9-16-3)13(15)8-12/h4-5,8,16H,6-7,9-10H2,1-3H3. The van der Waals surface area contributed by atoms with E-state index in [2.05, 4.69) is 58.2 Å². The summed E-state index contributed by atoms with van der Waals surface area (Å²) in [4.78, 5) is 2.42. The average Bonchev–Trinajstić information content (AvgIpc) is 2.31. The fourth-order valence-corrected chi connectivity index (χ4v) is 2.88. The predicted molar refractivity (Wildman–Crippen MR) is 79.1 cm³/mol. The van der Waals surface area contributed by atoms with Gasteiger partial charge in [0.05, 0.1) is 18.8 Å². The molecule has 0 aliphatic carbocycles. The highest BCUT2D eigenvalue weighted by Crippen LogP contribution is 2.30. The van der Waals surface area contributed by atoms with Crippen LogP contribution < -0.4 is 10.2 Å².